The molecule has 0 saturated carbocycles. The Morgan fingerprint density at radius 2 is 1.97 bits per heavy atom. The highest BCUT2D eigenvalue weighted by atomic mass is 16.4. The van der Waals surface area contributed by atoms with Gasteiger partial charge in [-0.2, -0.15) is 4.98 Å². The van der Waals surface area contributed by atoms with Gasteiger partial charge in [0.15, 0.2) is 5.82 Å². The van der Waals surface area contributed by atoms with Crippen LogP contribution in [0.15, 0.2) is 35.5 Å². The molecule has 0 aliphatic carbocycles. The number of rotatable bonds is 4. The maximum absolute atomic E-state index is 12.0. The third-order valence-corrected chi connectivity index (χ3v) is 4.29. The van der Waals surface area contributed by atoms with Crippen molar-refractivity contribution in [3.63, 3.8) is 0 Å². The molecule has 0 unspecified atom stereocenters. The predicted molar refractivity (Wildman–Crippen MR) is 107 cm³/mol. The van der Waals surface area contributed by atoms with Crippen LogP contribution in [0.3, 0.4) is 0 Å². The first-order valence-electron chi connectivity index (χ1n) is 9.15. The first-order valence-corrected chi connectivity index (χ1v) is 9.15. The van der Waals surface area contributed by atoms with Crippen molar-refractivity contribution in [1.82, 2.24) is 20.6 Å². The Morgan fingerprint density at radius 1 is 1.20 bits per heavy atom. The Hall–Kier alpha value is -4.02. The number of nitrogens with one attached hydrogen (secondary N) is 3. The molecule has 0 spiro atoms. The van der Waals surface area contributed by atoms with Crippen molar-refractivity contribution >= 4 is 29.8 Å². The van der Waals surface area contributed by atoms with Crippen molar-refractivity contribution in [2.24, 2.45) is 4.99 Å². The van der Waals surface area contributed by atoms with Crippen molar-refractivity contribution in [2.45, 2.75) is 18.9 Å². The van der Waals surface area contributed by atoms with Gasteiger partial charge in [0.1, 0.15) is 11.6 Å². The molecule has 2 amide bonds. The zero-order valence-electron chi connectivity index (χ0n) is 15.8. The SMILES string of the molecule is C1=NCCN1.O=C1CC[C@@H](C(=O)Nc2ccc(-c3ncc(C(=O)O)c(O)n3)cc2)N1. The highest BCUT2D eigenvalue weighted by molar-refractivity contribution is 5.99. The predicted octanol–water partition coefficient (Wildman–Crippen LogP) is 0.382. The van der Waals surface area contributed by atoms with E-state index in [1.807, 2.05) is 0 Å². The van der Waals surface area contributed by atoms with E-state index in [-0.39, 0.29) is 23.2 Å². The molecule has 11 heteroatoms. The summed E-state index contributed by atoms with van der Waals surface area (Å²) >= 11 is 0. The summed E-state index contributed by atoms with van der Waals surface area (Å²) in [6, 6.07) is 5.96. The van der Waals surface area contributed by atoms with Crippen LogP contribution < -0.4 is 16.0 Å². The van der Waals surface area contributed by atoms with Crippen molar-refractivity contribution in [3.05, 3.63) is 36.0 Å². The summed E-state index contributed by atoms with van der Waals surface area (Å²) in [5.74, 6) is -2.22. The number of amides is 2. The minimum Gasteiger partial charge on any atom is -0.493 e. The maximum Gasteiger partial charge on any atom is 0.342 e. The van der Waals surface area contributed by atoms with Crippen LogP contribution in [0.1, 0.15) is 23.2 Å². The van der Waals surface area contributed by atoms with E-state index in [4.69, 9.17) is 5.11 Å². The summed E-state index contributed by atoms with van der Waals surface area (Å²) < 4.78 is 0. The Labute approximate surface area is 171 Å². The third-order valence-electron chi connectivity index (χ3n) is 4.29. The maximum atomic E-state index is 12.0. The van der Waals surface area contributed by atoms with Gasteiger partial charge >= 0.3 is 5.97 Å². The van der Waals surface area contributed by atoms with Gasteiger partial charge in [0.05, 0.1) is 12.9 Å². The van der Waals surface area contributed by atoms with Crippen LogP contribution in [0.5, 0.6) is 5.88 Å². The largest absolute Gasteiger partial charge is 0.493 e. The Kier molecular flexibility index (Phi) is 6.53. The van der Waals surface area contributed by atoms with E-state index in [1.165, 1.54) is 0 Å². The Bertz CT molecular complexity index is 970. The van der Waals surface area contributed by atoms with Crippen LogP contribution in [-0.4, -0.2) is 63.4 Å². The van der Waals surface area contributed by atoms with Gasteiger partial charge in [-0.15, -0.1) is 0 Å². The second-order valence-electron chi connectivity index (χ2n) is 6.45. The molecule has 2 aromatic rings. The number of carboxylic acid groups (broad SMARTS) is 1. The Balaban J connectivity index is 0.000000448. The van der Waals surface area contributed by atoms with Crippen molar-refractivity contribution in [1.29, 1.82) is 0 Å². The van der Waals surface area contributed by atoms with Crippen molar-refractivity contribution in [2.75, 3.05) is 18.4 Å². The average molecular weight is 412 g/mol. The topological polar surface area (TPSA) is 166 Å². The van der Waals surface area contributed by atoms with Gasteiger partial charge in [-0.3, -0.25) is 14.6 Å². The van der Waals surface area contributed by atoms with Crippen LogP contribution in [0.25, 0.3) is 11.4 Å². The molecule has 2 aliphatic heterocycles. The molecule has 1 atom stereocenters. The number of anilines is 1. The van der Waals surface area contributed by atoms with Gasteiger partial charge in [0.2, 0.25) is 17.7 Å². The van der Waals surface area contributed by atoms with E-state index in [1.54, 1.807) is 30.6 Å². The molecule has 3 heterocycles. The van der Waals surface area contributed by atoms with Crippen molar-refractivity contribution < 1.29 is 24.6 Å². The number of aromatic nitrogens is 2. The number of nitrogens with zero attached hydrogens (tertiary/aromatic N) is 3. The molecule has 0 radical (unpaired) electrons. The average Bonchev–Trinajstić information content (AvgIpc) is 3.43. The highest BCUT2D eigenvalue weighted by Crippen LogP contribution is 2.22. The van der Waals surface area contributed by atoms with E-state index < -0.39 is 17.9 Å². The fraction of sp³-hybridized carbons (Fsp3) is 0.263. The lowest BCUT2D eigenvalue weighted by Crippen LogP contribution is -2.37. The molecular formula is C19H20N6O5. The lowest BCUT2D eigenvalue weighted by atomic mass is 10.1. The van der Waals surface area contributed by atoms with Crippen LogP contribution in [0.4, 0.5) is 5.69 Å². The second kappa shape index (κ2) is 9.45. The number of benzene rings is 1. The number of carboxylic acids is 1. The van der Waals surface area contributed by atoms with E-state index in [0.717, 1.165) is 19.3 Å². The summed E-state index contributed by atoms with van der Waals surface area (Å²) in [5.41, 5.74) is 0.687. The van der Waals surface area contributed by atoms with Crippen molar-refractivity contribution in [3.8, 4) is 17.3 Å². The minimum absolute atomic E-state index is 0.141. The molecule has 156 valence electrons. The molecule has 1 aromatic heterocycles. The van der Waals surface area contributed by atoms with E-state index in [9.17, 15) is 19.5 Å². The molecule has 0 bridgehead atoms. The van der Waals surface area contributed by atoms with E-state index >= 15 is 0 Å². The Morgan fingerprint density at radius 3 is 2.47 bits per heavy atom. The van der Waals surface area contributed by atoms with Gasteiger partial charge < -0.3 is 26.2 Å². The highest BCUT2D eigenvalue weighted by Gasteiger charge is 2.27. The normalized spacial score (nSPS) is 16.8. The number of carbonyl (C=O) groups is 3. The number of hydrogen-bond donors (Lipinski definition) is 5. The molecule has 30 heavy (non-hydrogen) atoms. The number of aromatic carboxylic acids is 1. The summed E-state index contributed by atoms with van der Waals surface area (Å²) in [6.07, 6.45) is 3.56. The van der Waals surface area contributed by atoms with Crippen LogP contribution in [-0.2, 0) is 9.59 Å². The molecule has 11 nitrogen and oxygen atoms in total. The summed E-state index contributed by atoms with van der Waals surface area (Å²) in [7, 11) is 0. The number of carbonyl (C=O) groups excluding carboxylic acids is 2. The standard InChI is InChI=1S/C16H14N4O5.C3H6N2/c21-12-6-5-11(19-12)15(23)18-9-3-1-8(2-4-9)13-17-7-10(16(24)25)14(22)20-13;1-2-5-3-4-1/h1-4,7,11H,5-6H2,(H,18,23)(H,19,21)(H,24,25)(H,17,20,22);3H,1-2H2,(H,4,5)/t11-;/m0./s1. The molecular weight excluding hydrogens is 392 g/mol. The summed E-state index contributed by atoms with van der Waals surface area (Å²) in [4.78, 5) is 45.5. The molecule has 1 saturated heterocycles. The van der Waals surface area contributed by atoms with E-state index in [0.29, 0.717) is 24.1 Å². The lowest BCUT2D eigenvalue weighted by Gasteiger charge is -2.11. The number of hydrogen-bond acceptors (Lipinski definition) is 8. The van der Waals surface area contributed by atoms with Crippen LogP contribution in [0, 0.1) is 0 Å². The minimum atomic E-state index is -1.32. The smallest absolute Gasteiger partial charge is 0.342 e. The van der Waals surface area contributed by atoms with E-state index in [2.05, 4.69) is 30.9 Å². The number of aliphatic imine (C=N–C) groups is 1. The van der Waals surface area contributed by atoms with Gasteiger partial charge in [-0.25, -0.2) is 9.78 Å². The fourth-order valence-corrected chi connectivity index (χ4v) is 2.73. The van der Waals surface area contributed by atoms with Gasteiger partial charge in [0.25, 0.3) is 0 Å². The first kappa shape index (κ1) is 20.7. The zero-order valence-corrected chi connectivity index (χ0v) is 15.8. The lowest BCUT2D eigenvalue weighted by molar-refractivity contribution is -0.122. The fourth-order valence-electron chi connectivity index (χ4n) is 2.73. The zero-order chi connectivity index (χ0) is 21.5. The quantitative estimate of drug-likeness (QED) is 0.481. The van der Waals surface area contributed by atoms with Crippen LogP contribution >= 0.6 is 0 Å². The number of aromatic hydroxyl groups is 1. The third kappa shape index (κ3) is 5.28. The molecule has 4 rings (SSSR count). The first-order chi connectivity index (χ1) is 14.4. The summed E-state index contributed by atoms with van der Waals surface area (Å²) in [6.45, 7) is 1.99. The monoisotopic (exact) mass is 412 g/mol. The molecule has 1 fully saturated rings. The van der Waals surface area contributed by atoms with Gasteiger partial charge in [-0.1, -0.05) is 0 Å². The second-order valence-corrected chi connectivity index (χ2v) is 6.45. The van der Waals surface area contributed by atoms with Gasteiger partial charge in [0, 0.05) is 30.4 Å². The molecule has 1 aromatic carbocycles. The van der Waals surface area contributed by atoms with Gasteiger partial charge in [-0.05, 0) is 30.7 Å². The molecule has 2 aliphatic rings. The summed E-state index contributed by atoms with van der Waals surface area (Å²) in [5, 5.41) is 26.7. The molecule has 5 N–H and O–H groups in total. The van der Waals surface area contributed by atoms with Crippen LogP contribution in [0.2, 0.25) is 0 Å².